The molecule has 56 valence electrons. The zero-order chi connectivity index (χ0) is 8.43. The van der Waals surface area contributed by atoms with Gasteiger partial charge in [-0.2, -0.15) is 5.26 Å². The van der Waals surface area contributed by atoms with Crippen LogP contribution in [-0.4, -0.2) is 0 Å². The molecule has 1 rings (SSSR count). The van der Waals surface area contributed by atoms with Gasteiger partial charge in [0.2, 0.25) is 0 Å². The summed E-state index contributed by atoms with van der Waals surface area (Å²) in [6, 6.07) is 4.84. The quantitative estimate of drug-likeness (QED) is 0.531. The predicted octanol–water partition coefficient (Wildman–Crippen LogP) is 3.06. The lowest BCUT2D eigenvalue weighted by Gasteiger charge is -1.96. The van der Waals surface area contributed by atoms with Gasteiger partial charge in [-0.3, -0.25) is 0 Å². The molecule has 11 heavy (non-hydrogen) atoms. The fraction of sp³-hybridized carbons (Fsp3) is 0. The smallest absolute Gasteiger partial charge is 0.154 e. The van der Waals surface area contributed by atoms with Crippen molar-refractivity contribution in [2.45, 2.75) is 0 Å². The third kappa shape index (κ3) is 1.91. The van der Waals surface area contributed by atoms with Crippen molar-refractivity contribution in [2.75, 3.05) is 0 Å². The van der Waals surface area contributed by atoms with Gasteiger partial charge >= 0.3 is 0 Å². The minimum Gasteiger partial charge on any atom is -0.204 e. The average molecular weight is 326 g/mol. The average Bonchev–Trinajstić information content (AvgIpc) is 1.96. The first-order valence-electron chi connectivity index (χ1n) is 2.70. The Balaban J connectivity index is 3.39. The maximum atomic E-state index is 12.9. The molecule has 0 fully saturated rings. The van der Waals surface area contributed by atoms with Crippen LogP contribution < -0.4 is 0 Å². The molecule has 0 amide bonds. The zero-order valence-corrected chi connectivity index (χ0v) is 8.98. The highest BCUT2D eigenvalue weighted by atomic mass is 127. The molecule has 0 atom stereocenters. The Bertz CT molecular complexity index is 332. The third-order valence-electron chi connectivity index (χ3n) is 1.11. The zero-order valence-electron chi connectivity index (χ0n) is 5.24. The van der Waals surface area contributed by atoms with Crippen LogP contribution in [0, 0.1) is 20.7 Å². The van der Waals surface area contributed by atoms with Crippen LogP contribution in [0.2, 0.25) is 0 Å². The van der Waals surface area contributed by atoms with Crippen LogP contribution in [0.4, 0.5) is 4.39 Å². The van der Waals surface area contributed by atoms with E-state index >= 15 is 0 Å². The molecule has 0 saturated heterocycles. The van der Waals surface area contributed by atoms with E-state index in [9.17, 15) is 4.39 Å². The predicted molar refractivity (Wildman–Crippen MR) is 51.5 cm³/mol. The number of nitriles is 1. The summed E-state index contributed by atoms with van der Waals surface area (Å²) in [5, 5.41) is 8.45. The van der Waals surface area contributed by atoms with Crippen molar-refractivity contribution in [1.82, 2.24) is 0 Å². The lowest BCUT2D eigenvalue weighted by Crippen LogP contribution is -1.87. The summed E-state index contributed by atoms with van der Waals surface area (Å²) in [5.41, 5.74) is 0.0729. The van der Waals surface area contributed by atoms with Crippen molar-refractivity contribution in [2.24, 2.45) is 0 Å². The molecule has 0 unspecified atom stereocenters. The number of rotatable bonds is 0. The molecule has 0 bridgehead atoms. The van der Waals surface area contributed by atoms with Gasteiger partial charge in [0, 0.05) is 4.47 Å². The fourth-order valence-corrected chi connectivity index (χ4v) is 2.15. The summed E-state index contributed by atoms with van der Waals surface area (Å²) >= 11 is 5.01. The van der Waals surface area contributed by atoms with Gasteiger partial charge in [-0.1, -0.05) is 15.9 Å². The van der Waals surface area contributed by atoms with Crippen LogP contribution in [0.1, 0.15) is 5.56 Å². The van der Waals surface area contributed by atoms with Crippen LogP contribution >= 0.6 is 38.5 Å². The Hall–Kier alpha value is -0.150. The Morgan fingerprint density at radius 1 is 1.55 bits per heavy atom. The summed E-state index contributed by atoms with van der Waals surface area (Å²) in [5.74, 6) is -0.448. The SMILES string of the molecule is N#Cc1cc(Br)cc(I)c1F. The molecule has 0 aliphatic heterocycles. The molecule has 0 aliphatic rings. The number of benzene rings is 1. The van der Waals surface area contributed by atoms with Crippen molar-refractivity contribution >= 4 is 38.5 Å². The van der Waals surface area contributed by atoms with E-state index < -0.39 is 5.82 Å². The first-order valence-corrected chi connectivity index (χ1v) is 4.57. The summed E-state index contributed by atoms with van der Waals surface area (Å²) in [6.07, 6.45) is 0. The summed E-state index contributed by atoms with van der Waals surface area (Å²) in [6.45, 7) is 0. The molecule has 4 heteroatoms. The second-order valence-corrected chi connectivity index (χ2v) is 3.94. The summed E-state index contributed by atoms with van der Waals surface area (Å²) in [7, 11) is 0. The van der Waals surface area contributed by atoms with E-state index in [1.807, 2.05) is 22.6 Å². The summed E-state index contributed by atoms with van der Waals surface area (Å²) in [4.78, 5) is 0. The molecule has 0 N–H and O–H groups in total. The maximum absolute atomic E-state index is 12.9. The first kappa shape index (κ1) is 8.94. The third-order valence-corrected chi connectivity index (χ3v) is 2.36. The van der Waals surface area contributed by atoms with Gasteiger partial charge < -0.3 is 0 Å². The molecule has 1 aromatic rings. The molecule has 0 heterocycles. The topological polar surface area (TPSA) is 23.8 Å². The van der Waals surface area contributed by atoms with E-state index in [0.29, 0.717) is 3.57 Å². The molecular formula is C7H2BrFIN. The first-order chi connectivity index (χ1) is 5.15. The number of hydrogen-bond donors (Lipinski definition) is 0. The number of hydrogen-bond acceptors (Lipinski definition) is 1. The van der Waals surface area contributed by atoms with E-state index in [4.69, 9.17) is 5.26 Å². The van der Waals surface area contributed by atoms with Crippen molar-refractivity contribution < 1.29 is 4.39 Å². The van der Waals surface area contributed by atoms with Crippen LogP contribution in [-0.2, 0) is 0 Å². The van der Waals surface area contributed by atoms with Crippen molar-refractivity contribution in [3.8, 4) is 6.07 Å². The van der Waals surface area contributed by atoms with Gasteiger partial charge in [0.25, 0.3) is 0 Å². The van der Waals surface area contributed by atoms with E-state index in [-0.39, 0.29) is 5.56 Å². The minimum atomic E-state index is -0.448. The standard InChI is InChI=1S/C7H2BrFIN/c8-5-1-4(3-11)7(9)6(10)2-5/h1-2H. The van der Waals surface area contributed by atoms with Gasteiger partial charge in [0.15, 0.2) is 5.82 Å². The highest BCUT2D eigenvalue weighted by Crippen LogP contribution is 2.20. The van der Waals surface area contributed by atoms with Crippen LogP contribution in [0.25, 0.3) is 0 Å². The van der Waals surface area contributed by atoms with E-state index in [2.05, 4.69) is 15.9 Å². The van der Waals surface area contributed by atoms with Gasteiger partial charge in [0.1, 0.15) is 6.07 Å². The summed E-state index contributed by atoms with van der Waals surface area (Å²) < 4.78 is 14.1. The molecule has 0 radical (unpaired) electrons. The normalized spacial score (nSPS) is 9.27. The van der Waals surface area contributed by atoms with Crippen LogP contribution in [0.3, 0.4) is 0 Å². The molecule has 1 nitrogen and oxygen atoms in total. The van der Waals surface area contributed by atoms with Crippen molar-refractivity contribution in [3.05, 3.63) is 31.6 Å². The molecular weight excluding hydrogens is 324 g/mol. The van der Waals surface area contributed by atoms with Crippen LogP contribution in [0.15, 0.2) is 16.6 Å². The van der Waals surface area contributed by atoms with Crippen molar-refractivity contribution in [3.63, 3.8) is 0 Å². The van der Waals surface area contributed by atoms with Gasteiger partial charge in [0.05, 0.1) is 9.13 Å². The second-order valence-electron chi connectivity index (χ2n) is 1.86. The molecule has 1 aromatic carbocycles. The molecule has 0 spiro atoms. The van der Waals surface area contributed by atoms with Crippen LogP contribution in [0.5, 0.6) is 0 Å². The largest absolute Gasteiger partial charge is 0.204 e. The fourth-order valence-electron chi connectivity index (χ4n) is 0.637. The lowest BCUT2D eigenvalue weighted by atomic mass is 10.2. The van der Waals surface area contributed by atoms with E-state index in [1.54, 1.807) is 12.1 Å². The Morgan fingerprint density at radius 2 is 2.18 bits per heavy atom. The highest BCUT2D eigenvalue weighted by molar-refractivity contribution is 14.1. The maximum Gasteiger partial charge on any atom is 0.154 e. The minimum absolute atomic E-state index is 0.0729. The molecule has 0 aliphatic carbocycles. The van der Waals surface area contributed by atoms with Gasteiger partial charge in [-0.05, 0) is 34.7 Å². The Labute approximate surface area is 85.5 Å². The monoisotopic (exact) mass is 325 g/mol. The van der Waals surface area contributed by atoms with Gasteiger partial charge in [-0.25, -0.2) is 4.39 Å². The highest BCUT2D eigenvalue weighted by Gasteiger charge is 2.06. The number of halogens is 3. The molecule has 0 aromatic heterocycles. The van der Waals surface area contributed by atoms with E-state index in [1.165, 1.54) is 6.07 Å². The van der Waals surface area contributed by atoms with E-state index in [0.717, 1.165) is 4.47 Å². The number of nitrogens with zero attached hydrogens (tertiary/aromatic N) is 1. The molecule has 0 saturated carbocycles. The van der Waals surface area contributed by atoms with Gasteiger partial charge in [-0.15, -0.1) is 0 Å². The lowest BCUT2D eigenvalue weighted by molar-refractivity contribution is 0.616. The Kier molecular flexibility index (Phi) is 2.84. The van der Waals surface area contributed by atoms with Crippen molar-refractivity contribution in [1.29, 1.82) is 5.26 Å². The Morgan fingerprint density at radius 3 is 2.73 bits per heavy atom. The second kappa shape index (κ2) is 3.50.